The van der Waals surface area contributed by atoms with Gasteiger partial charge in [0.2, 0.25) is 0 Å². The predicted octanol–water partition coefficient (Wildman–Crippen LogP) is 5.66. The zero-order valence-corrected chi connectivity index (χ0v) is 19.2. The summed E-state index contributed by atoms with van der Waals surface area (Å²) < 4.78 is 16.8. The fourth-order valence-electron chi connectivity index (χ4n) is 3.42. The summed E-state index contributed by atoms with van der Waals surface area (Å²) in [6.45, 7) is 3.66. The van der Waals surface area contributed by atoms with Crippen LogP contribution in [0.4, 0.5) is 10.2 Å². The molecule has 0 bridgehead atoms. The van der Waals surface area contributed by atoms with Crippen LogP contribution < -0.4 is 5.32 Å². The van der Waals surface area contributed by atoms with E-state index in [2.05, 4.69) is 32.1 Å². The normalized spacial score (nSPS) is 10.3. The largest absolute Gasteiger partial charge is 0.306 e. The first-order chi connectivity index (χ1) is 15.6. The predicted molar refractivity (Wildman–Crippen MR) is 135 cm³/mol. The Kier molecular flexibility index (Phi) is 7.45. The lowest BCUT2D eigenvalue weighted by molar-refractivity contribution is 0.102. The molecule has 0 fully saturated rings. The minimum atomic E-state index is -0.636. The van der Waals surface area contributed by atoms with Gasteiger partial charge in [0.1, 0.15) is 17.3 Å². The van der Waals surface area contributed by atoms with Gasteiger partial charge >= 0.3 is 0 Å². The maximum absolute atomic E-state index is 14.9. The molecule has 4 heterocycles. The number of rotatable bonds is 5. The summed E-state index contributed by atoms with van der Waals surface area (Å²) in [7, 11) is 0. The number of fused-ring (bicyclic) bond motifs is 1. The van der Waals surface area contributed by atoms with E-state index in [0.29, 0.717) is 17.1 Å². The van der Waals surface area contributed by atoms with E-state index in [-0.39, 0.29) is 30.4 Å². The Labute approximate surface area is 206 Å². The third-order valence-electron chi connectivity index (χ3n) is 5.11. The molecular weight excluding hydrogens is 478 g/mol. The first-order valence-corrected chi connectivity index (χ1v) is 9.78. The lowest BCUT2D eigenvalue weighted by Gasteiger charge is -2.08. The van der Waals surface area contributed by atoms with Crippen LogP contribution in [0.2, 0.25) is 0 Å². The van der Waals surface area contributed by atoms with E-state index in [0.717, 1.165) is 22.3 Å². The minimum Gasteiger partial charge on any atom is -0.306 e. The Balaban J connectivity index is 0.00000162. The highest BCUT2D eigenvalue weighted by atomic mass is 35.5. The van der Waals surface area contributed by atoms with Crippen LogP contribution in [0.1, 0.15) is 15.9 Å². The number of nitrogens with zero attached hydrogens (tertiary/aromatic N) is 4. The van der Waals surface area contributed by atoms with Gasteiger partial charge in [0.25, 0.3) is 5.91 Å². The van der Waals surface area contributed by atoms with Gasteiger partial charge in [0, 0.05) is 35.3 Å². The maximum Gasteiger partial charge on any atom is 0.259 e. The smallest absolute Gasteiger partial charge is 0.259 e. The summed E-state index contributed by atoms with van der Waals surface area (Å²) in [6.07, 6.45) is 10.3. The molecule has 1 aromatic carbocycles. The molecule has 2 N–H and O–H groups in total. The minimum absolute atomic E-state index is 0. The van der Waals surface area contributed by atoms with Gasteiger partial charge in [-0.2, -0.15) is 5.10 Å². The number of anilines is 1. The van der Waals surface area contributed by atoms with E-state index in [1.165, 1.54) is 12.1 Å². The fraction of sp³-hybridized carbons (Fsp3) is 0. The molecule has 0 saturated carbocycles. The van der Waals surface area contributed by atoms with Gasteiger partial charge < -0.3 is 5.32 Å². The van der Waals surface area contributed by atoms with Crippen molar-refractivity contribution in [1.29, 1.82) is 0 Å². The Morgan fingerprint density at radius 1 is 1.00 bits per heavy atom. The first kappa shape index (κ1) is 24.6. The average molecular weight is 497 g/mol. The SMILES string of the molecule is C=Cc1ccc(NC(=O)c2ccc(-c3cnc4ccc(-c5cn[nH]c5)cn34)cc2F)nc1.Cl.Cl. The molecule has 172 valence electrons. The van der Waals surface area contributed by atoms with E-state index in [1.54, 1.807) is 49.1 Å². The number of nitrogens with one attached hydrogen (secondary N) is 2. The van der Waals surface area contributed by atoms with Crippen molar-refractivity contribution < 1.29 is 9.18 Å². The summed E-state index contributed by atoms with van der Waals surface area (Å²) in [5.41, 5.74) is 4.65. The molecule has 0 saturated heterocycles. The van der Waals surface area contributed by atoms with Crippen LogP contribution in [-0.4, -0.2) is 30.5 Å². The second kappa shape index (κ2) is 10.3. The number of imidazole rings is 1. The fourth-order valence-corrected chi connectivity index (χ4v) is 3.42. The lowest BCUT2D eigenvalue weighted by Crippen LogP contribution is -2.14. The Morgan fingerprint density at radius 2 is 1.82 bits per heavy atom. The van der Waals surface area contributed by atoms with Crippen LogP contribution in [0.25, 0.3) is 34.1 Å². The number of hydrogen-bond acceptors (Lipinski definition) is 4. The van der Waals surface area contributed by atoms with Gasteiger partial charge in [0.05, 0.1) is 23.7 Å². The standard InChI is InChI=1S/C24H17FN6O.2ClH/c1-2-15-3-7-22(26-10-15)30-24(32)19-6-4-16(9-20(19)25)21-13-27-23-8-5-17(14-31(21)23)18-11-28-29-12-18;;/h2-14H,1H2,(H,28,29)(H,26,30,32);2*1H. The second-order valence-electron chi connectivity index (χ2n) is 7.11. The number of H-pyrrole nitrogens is 1. The molecule has 0 spiro atoms. The van der Waals surface area contributed by atoms with Crippen LogP contribution in [0.3, 0.4) is 0 Å². The van der Waals surface area contributed by atoms with Gasteiger partial charge in [0.15, 0.2) is 0 Å². The van der Waals surface area contributed by atoms with E-state index in [1.807, 2.05) is 22.7 Å². The number of pyridine rings is 2. The van der Waals surface area contributed by atoms with E-state index in [9.17, 15) is 9.18 Å². The Hall–Kier alpha value is -4.01. The summed E-state index contributed by atoms with van der Waals surface area (Å²) in [6, 6.07) is 11.7. The van der Waals surface area contributed by atoms with Crippen molar-refractivity contribution in [3.05, 3.63) is 97.0 Å². The summed E-state index contributed by atoms with van der Waals surface area (Å²) in [5, 5.41) is 9.38. The molecule has 0 aliphatic heterocycles. The second-order valence-corrected chi connectivity index (χ2v) is 7.11. The van der Waals surface area contributed by atoms with Crippen molar-refractivity contribution in [2.75, 3.05) is 5.32 Å². The monoisotopic (exact) mass is 496 g/mol. The van der Waals surface area contributed by atoms with Gasteiger partial charge in [-0.05, 0) is 42.0 Å². The number of carbonyl (C=O) groups excluding carboxylic acids is 1. The van der Waals surface area contributed by atoms with Crippen molar-refractivity contribution in [3.63, 3.8) is 0 Å². The topological polar surface area (TPSA) is 88.0 Å². The highest BCUT2D eigenvalue weighted by Crippen LogP contribution is 2.26. The van der Waals surface area contributed by atoms with Crippen LogP contribution in [0.15, 0.2) is 80.0 Å². The quantitative estimate of drug-likeness (QED) is 0.328. The number of halogens is 3. The molecule has 0 aliphatic rings. The van der Waals surface area contributed by atoms with Gasteiger partial charge in [-0.25, -0.2) is 14.4 Å². The molecule has 34 heavy (non-hydrogen) atoms. The molecule has 0 atom stereocenters. The molecule has 0 aliphatic carbocycles. The summed E-state index contributed by atoms with van der Waals surface area (Å²) in [4.78, 5) is 21.1. The molecule has 10 heteroatoms. The third-order valence-corrected chi connectivity index (χ3v) is 5.11. The van der Waals surface area contributed by atoms with Crippen molar-refractivity contribution in [1.82, 2.24) is 24.6 Å². The molecule has 5 rings (SSSR count). The third kappa shape index (κ3) is 4.68. The molecule has 5 aromatic rings. The molecule has 7 nitrogen and oxygen atoms in total. The highest BCUT2D eigenvalue weighted by Gasteiger charge is 2.15. The number of carbonyl (C=O) groups is 1. The van der Waals surface area contributed by atoms with Crippen LogP contribution in [0, 0.1) is 5.82 Å². The van der Waals surface area contributed by atoms with Crippen molar-refractivity contribution in [3.8, 4) is 22.4 Å². The zero-order valence-electron chi connectivity index (χ0n) is 17.6. The molecule has 0 radical (unpaired) electrons. The average Bonchev–Trinajstić information content (AvgIpc) is 3.49. The lowest BCUT2D eigenvalue weighted by atomic mass is 10.1. The maximum atomic E-state index is 14.9. The summed E-state index contributed by atoms with van der Waals surface area (Å²) in [5.74, 6) is -0.880. The van der Waals surface area contributed by atoms with E-state index < -0.39 is 11.7 Å². The number of aromatic amines is 1. The molecule has 1 amide bonds. The number of aromatic nitrogens is 5. The van der Waals surface area contributed by atoms with Crippen molar-refractivity contribution in [2.24, 2.45) is 0 Å². The summed E-state index contributed by atoms with van der Waals surface area (Å²) >= 11 is 0. The van der Waals surface area contributed by atoms with Gasteiger partial charge in [-0.1, -0.05) is 18.7 Å². The van der Waals surface area contributed by atoms with Gasteiger partial charge in [-0.15, -0.1) is 24.8 Å². The van der Waals surface area contributed by atoms with E-state index >= 15 is 0 Å². The van der Waals surface area contributed by atoms with Gasteiger partial charge in [-0.3, -0.25) is 14.3 Å². The Bertz CT molecular complexity index is 1450. The highest BCUT2D eigenvalue weighted by molar-refractivity contribution is 6.04. The van der Waals surface area contributed by atoms with Crippen molar-refractivity contribution in [2.45, 2.75) is 0 Å². The Morgan fingerprint density at radius 3 is 2.50 bits per heavy atom. The van der Waals surface area contributed by atoms with Crippen molar-refractivity contribution >= 4 is 48.3 Å². The van der Waals surface area contributed by atoms with Crippen LogP contribution in [-0.2, 0) is 0 Å². The van der Waals surface area contributed by atoms with E-state index in [4.69, 9.17) is 0 Å². The first-order valence-electron chi connectivity index (χ1n) is 9.78. The zero-order chi connectivity index (χ0) is 22.1. The van der Waals surface area contributed by atoms with Crippen LogP contribution >= 0.6 is 24.8 Å². The van der Waals surface area contributed by atoms with Crippen LogP contribution in [0.5, 0.6) is 0 Å². The number of hydrogen-bond donors (Lipinski definition) is 2. The molecule has 4 aromatic heterocycles. The molecular formula is C24H19Cl2FN6O. The number of amides is 1. The molecule has 0 unspecified atom stereocenters. The number of benzene rings is 1.